The molecule has 0 atom stereocenters. The van der Waals surface area contributed by atoms with Crippen LogP contribution in [0.1, 0.15) is 23.1 Å². The Bertz CT molecular complexity index is 774. The molecule has 2 aromatic rings. The Morgan fingerprint density at radius 1 is 1.15 bits per heavy atom. The number of rotatable bonds is 7. The van der Waals surface area contributed by atoms with Crippen molar-refractivity contribution in [3.63, 3.8) is 0 Å². The zero-order valence-corrected chi connectivity index (χ0v) is 14.8. The van der Waals surface area contributed by atoms with Gasteiger partial charge in [0.25, 0.3) is 0 Å². The van der Waals surface area contributed by atoms with E-state index in [1.54, 1.807) is 12.2 Å². The van der Waals surface area contributed by atoms with E-state index in [4.69, 9.17) is 9.47 Å². The van der Waals surface area contributed by atoms with E-state index in [0.717, 1.165) is 11.6 Å². The summed E-state index contributed by atoms with van der Waals surface area (Å²) >= 11 is 0. The van der Waals surface area contributed by atoms with Gasteiger partial charge in [0, 0.05) is 6.54 Å². The number of alkyl halides is 3. The van der Waals surface area contributed by atoms with Crippen LogP contribution in [-0.2, 0) is 17.5 Å². The maximum atomic E-state index is 12.8. The SMILES string of the molecule is COc1cc(C=CCCNC(=O)OCc2ccccc2)ccc1C(F)(F)F. The van der Waals surface area contributed by atoms with Crippen molar-refractivity contribution in [1.82, 2.24) is 5.32 Å². The Balaban J connectivity index is 1.76. The number of ether oxygens (including phenoxy) is 2. The first-order valence-electron chi connectivity index (χ1n) is 8.26. The first kappa shape index (κ1) is 20.4. The molecule has 27 heavy (non-hydrogen) atoms. The predicted molar refractivity (Wildman–Crippen MR) is 96.3 cm³/mol. The van der Waals surface area contributed by atoms with E-state index in [2.05, 4.69) is 5.32 Å². The molecule has 0 saturated heterocycles. The molecule has 1 N–H and O–H groups in total. The summed E-state index contributed by atoms with van der Waals surface area (Å²) in [5.74, 6) is -0.229. The molecular formula is C20H20F3NO3. The van der Waals surface area contributed by atoms with Gasteiger partial charge < -0.3 is 14.8 Å². The molecule has 0 radical (unpaired) electrons. The third-order valence-electron chi connectivity index (χ3n) is 3.63. The van der Waals surface area contributed by atoms with E-state index in [9.17, 15) is 18.0 Å². The fourth-order valence-electron chi connectivity index (χ4n) is 2.30. The Morgan fingerprint density at radius 3 is 2.56 bits per heavy atom. The van der Waals surface area contributed by atoms with Crippen molar-refractivity contribution in [3.05, 3.63) is 71.3 Å². The molecular weight excluding hydrogens is 359 g/mol. The van der Waals surface area contributed by atoms with Gasteiger partial charge in [0.2, 0.25) is 0 Å². The van der Waals surface area contributed by atoms with E-state index >= 15 is 0 Å². The smallest absolute Gasteiger partial charge is 0.419 e. The molecule has 0 aliphatic heterocycles. The lowest BCUT2D eigenvalue weighted by Gasteiger charge is -2.12. The summed E-state index contributed by atoms with van der Waals surface area (Å²) < 4.78 is 48.3. The van der Waals surface area contributed by atoms with Gasteiger partial charge in [0.05, 0.1) is 12.7 Å². The van der Waals surface area contributed by atoms with Crippen LogP contribution in [0.25, 0.3) is 6.08 Å². The lowest BCUT2D eigenvalue weighted by atomic mass is 10.1. The first-order valence-corrected chi connectivity index (χ1v) is 8.26. The number of hydrogen-bond acceptors (Lipinski definition) is 3. The summed E-state index contributed by atoms with van der Waals surface area (Å²) in [6, 6.07) is 13.0. The molecule has 0 aromatic heterocycles. The van der Waals surface area contributed by atoms with Crippen LogP contribution in [0.15, 0.2) is 54.6 Å². The summed E-state index contributed by atoms with van der Waals surface area (Å²) in [4.78, 5) is 11.6. The second kappa shape index (κ2) is 9.66. The molecule has 2 rings (SSSR count). The van der Waals surface area contributed by atoms with Crippen LogP contribution in [0, 0.1) is 0 Å². The zero-order chi connectivity index (χ0) is 19.7. The van der Waals surface area contributed by atoms with Crippen LogP contribution in [0.4, 0.5) is 18.0 Å². The molecule has 0 aliphatic rings. The maximum Gasteiger partial charge on any atom is 0.419 e. The standard InChI is InChI=1S/C20H20F3NO3/c1-26-18-13-15(10-11-17(18)20(21,22)23)7-5-6-12-24-19(25)27-14-16-8-3-2-4-9-16/h2-5,7-11,13H,6,12,14H2,1H3,(H,24,25). The number of alkyl carbamates (subject to hydrolysis) is 1. The van der Waals surface area contributed by atoms with Crippen molar-refractivity contribution in [2.45, 2.75) is 19.2 Å². The number of hydrogen-bond donors (Lipinski definition) is 1. The Labute approximate surface area is 155 Å². The minimum Gasteiger partial charge on any atom is -0.496 e. The van der Waals surface area contributed by atoms with Crippen LogP contribution in [0.2, 0.25) is 0 Å². The topological polar surface area (TPSA) is 47.6 Å². The van der Waals surface area contributed by atoms with Crippen molar-refractivity contribution >= 4 is 12.2 Å². The van der Waals surface area contributed by atoms with Gasteiger partial charge in [0.1, 0.15) is 12.4 Å². The highest BCUT2D eigenvalue weighted by Gasteiger charge is 2.34. The lowest BCUT2D eigenvalue weighted by molar-refractivity contribution is -0.138. The van der Waals surface area contributed by atoms with Crippen LogP contribution in [0.5, 0.6) is 5.75 Å². The van der Waals surface area contributed by atoms with Gasteiger partial charge in [-0.15, -0.1) is 0 Å². The van der Waals surface area contributed by atoms with Crippen molar-refractivity contribution in [2.24, 2.45) is 0 Å². The molecule has 1 amide bonds. The van der Waals surface area contributed by atoms with E-state index < -0.39 is 17.8 Å². The quantitative estimate of drug-likeness (QED) is 0.686. The molecule has 0 fully saturated rings. The number of methoxy groups -OCH3 is 1. The monoisotopic (exact) mass is 379 g/mol. The second-order valence-corrected chi connectivity index (χ2v) is 5.64. The van der Waals surface area contributed by atoms with Gasteiger partial charge >= 0.3 is 12.3 Å². The fourth-order valence-corrected chi connectivity index (χ4v) is 2.30. The molecule has 144 valence electrons. The van der Waals surface area contributed by atoms with E-state index in [1.807, 2.05) is 30.3 Å². The minimum absolute atomic E-state index is 0.188. The van der Waals surface area contributed by atoms with Gasteiger partial charge in [0.15, 0.2) is 0 Å². The van der Waals surface area contributed by atoms with Crippen molar-refractivity contribution < 1.29 is 27.4 Å². The second-order valence-electron chi connectivity index (χ2n) is 5.64. The zero-order valence-electron chi connectivity index (χ0n) is 14.8. The molecule has 4 nitrogen and oxygen atoms in total. The highest BCUT2D eigenvalue weighted by molar-refractivity contribution is 5.67. The summed E-state index contributed by atoms with van der Waals surface area (Å²) in [7, 11) is 1.20. The summed E-state index contributed by atoms with van der Waals surface area (Å²) in [5.41, 5.74) is 0.653. The minimum atomic E-state index is -4.46. The average Bonchev–Trinajstić information content (AvgIpc) is 2.66. The van der Waals surface area contributed by atoms with Crippen molar-refractivity contribution in [3.8, 4) is 5.75 Å². The molecule has 0 saturated carbocycles. The van der Waals surface area contributed by atoms with Gasteiger partial charge in [-0.25, -0.2) is 4.79 Å². The number of carbonyl (C=O) groups is 1. The maximum absolute atomic E-state index is 12.8. The number of halogens is 3. The molecule has 0 unspecified atom stereocenters. The molecule has 2 aromatic carbocycles. The number of nitrogens with one attached hydrogen (secondary N) is 1. The van der Waals surface area contributed by atoms with Crippen LogP contribution < -0.4 is 10.1 Å². The van der Waals surface area contributed by atoms with E-state index in [-0.39, 0.29) is 12.4 Å². The number of benzene rings is 2. The molecule has 0 bridgehead atoms. The van der Waals surface area contributed by atoms with Crippen molar-refractivity contribution in [1.29, 1.82) is 0 Å². The lowest BCUT2D eigenvalue weighted by Crippen LogP contribution is -2.24. The summed E-state index contributed by atoms with van der Waals surface area (Å²) in [5, 5.41) is 2.60. The van der Waals surface area contributed by atoms with Gasteiger partial charge in [-0.05, 0) is 29.7 Å². The van der Waals surface area contributed by atoms with Crippen LogP contribution in [0.3, 0.4) is 0 Å². The fraction of sp³-hybridized carbons (Fsp3) is 0.250. The van der Waals surface area contributed by atoms with Crippen molar-refractivity contribution in [2.75, 3.05) is 13.7 Å². The van der Waals surface area contributed by atoms with Gasteiger partial charge in [-0.1, -0.05) is 48.6 Å². The van der Waals surface area contributed by atoms with Gasteiger partial charge in [-0.2, -0.15) is 13.2 Å². The normalized spacial score (nSPS) is 11.4. The van der Waals surface area contributed by atoms with Crippen LogP contribution in [-0.4, -0.2) is 19.7 Å². The Hall–Kier alpha value is -2.96. The molecule has 7 heteroatoms. The Morgan fingerprint density at radius 2 is 1.89 bits per heavy atom. The summed E-state index contributed by atoms with van der Waals surface area (Å²) in [6.07, 6.45) is -1.07. The largest absolute Gasteiger partial charge is 0.496 e. The molecule has 0 aliphatic carbocycles. The molecule has 0 spiro atoms. The Kier molecular flexibility index (Phi) is 7.28. The number of carbonyl (C=O) groups excluding carboxylic acids is 1. The average molecular weight is 379 g/mol. The van der Waals surface area contributed by atoms with Crippen LogP contribution >= 0.6 is 0 Å². The van der Waals surface area contributed by atoms with E-state index in [0.29, 0.717) is 18.5 Å². The highest BCUT2D eigenvalue weighted by Crippen LogP contribution is 2.36. The highest BCUT2D eigenvalue weighted by atomic mass is 19.4. The first-order chi connectivity index (χ1) is 12.9. The number of amides is 1. The van der Waals surface area contributed by atoms with E-state index in [1.165, 1.54) is 19.2 Å². The molecule has 0 heterocycles. The summed E-state index contributed by atoms with van der Waals surface area (Å²) in [6.45, 7) is 0.537. The van der Waals surface area contributed by atoms with Gasteiger partial charge in [-0.3, -0.25) is 0 Å². The third kappa shape index (κ3) is 6.69. The third-order valence-corrected chi connectivity index (χ3v) is 3.63. The predicted octanol–water partition coefficient (Wildman–Crippen LogP) is 5.04.